The molecule has 0 saturated carbocycles. The SMILES string of the molecule is CCCCOC(=O)CCCCN=C(N)N.O=C(O)C(F)(F)F. The van der Waals surface area contributed by atoms with Crippen molar-refractivity contribution in [1.82, 2.24) is 0 Å². The van der Waals surface area contributed by atoms with Crippen LogP contribution in [0.1, 0.15) is 39.0 Å². The van der Waals surface area contributed by atoms with Crippen LogP contribution in [0.5, 0.6) is 0 Å². The molecule has 0 aliphatic heterocycles. The van der Waals surface area contributed by atoms with E-state index in [1.54, 1.807) is 0 Å². The maximum Gasteiger partial charge on any atom is 0.490 e. The van der Waals surface area contributed by atoms with Crippen LogP contribution in [0.2, 0.25) is 0 Å². The molecule has 0 aromatic carbocycles. The zero-order valence-electron chi connectivity index (χ0n) is 12.4. The maximum atomic E-state index is 11.1. The van der Waals surface area contributed by atoms with Gasteiger partial charge in [-0.2, -0.15) is 13.2 Å². The van der Waals surface area contributed by atoms with Crippen molar-refractivity contribution >= 4 is 17.9 Å². The number of carboxylic acids is 1. The van der Waals surface area contributed by atoms with Gasteiger partial charge in [0, 0.05) is 13.0 Å². The van der Waals surface area contributed by atoms with E-state index < -0.39 is 12.1 Å². The summed E-state index contributed by atoms with van der Waals surface area (Å²) in [4.78, 5) is 23.8. The Morgan fingerprint density at radius 3 is 2.14 bits per heavy atom. The van der Waals surface area contributed by atoms with Gasteiger partial charge in [-0.15, -0.1) is 0 Å². The number of aliphatic imine (C=N–C) groups is 1. The van der Waals surface area contributed by atoms with Gasteiger partial charge in [-0.3, -0.25) is 9.79 Å². The summed E-state index contributed by atoms with van der Waals surface area (Å²) >= 11 is 0. The van der Waals surface area contributed by atoms with E-state index in [9.17, 15) is 18.0 Å². The molecule has 5 N–H and O–H groups in total. The quantitative estimate of drug-likeness (QED) is 0.267. The monoisotopic (exact) mass is 329 g/mol. The van der Waals surface area contributed by atoms with Gasteiger partial charge in [-0.1, -0.05) is 13.3 Å². The Morgan fingerprint density at radius 1 is 1.18 bits per heavy atom. The van der Waals surface area contributed by atoms with Gasteiger partial charge in [-0.05, 0) is 19.3 Å². The molecule has 130 valence electrons. The molecule has 0 aromatic rings. The number of nitrogens with zero attached hydrogens (tertiary/aromatic N) is 1. The summed E-state index contributed by atoms with van der Waals surface area (Å²) < 4.78 is 36.7. The largest absolute Gasteiger partial charge is 0.490 e. The van der Waals surface area contributed by atoms with Crippen molar-refractivity contribution in [2.75, 3.05) is 13.2 Å². The summed E-state index contributed by atoms with van der Waals surface area (Å²) in [6, 6.07) is 0. The Labute approximate surface area is 126 Å². The number of hydrogen-bond acceptors (Lipinski definition) is 4. The first-order valence-electron chi connectivity index (χ1n) is 6.62. The number of esters is 1. The molecule has 0 fully saturated rings. The molecule has 0 unspecified atom stereocenters. The van der Waals surface area contributed by atoms with E-state index in [4.69, 9.17) is 26.1 Å². The van der Waals surface area contributed by atoms with Gasteiger partial charge in [0.1, 0.15) is 0 Å². The number of carbonyl (C=O) groups is 2. The van der Waals surface area contributed by atoms with Gasteiger partial charge in [0.25, 0.3) is 0 Å². The number of halogens is 3. The molecule has 0 rings (SSSR count). The van der Waals surface area contributed by atoms with Gasteiger partial charge in [0.15, 0.2) is 5.96 Å². The van der Waals surface area contributed by atoms with Crippen molar-refractivity contribution in [2.24, 2.45) is 16.5 Å². The highest BCUT2D eigenvalue weighted by atomic mass is 19.4. The molecule has 0 atom stereocenters. The number of carbonyl (C=O) groups excluding carboxylic acids is 1. The predicted molar refractivity (Wildman–Crippen MR) is 74.1 cm³/mol. The molecular formula is C12H22F3N3O4. The number of hydrogen-bond donors (Lipinski definition) is 3. The van der Waals surface area contributed by atoms with Crippen molar-refractivity contribution < 1.29 is 32.6 Å². The lowest BCUT2D eigenvalue weighted by atomic mass is 10.2. The number of rotatable bonds is 8. The van der Waals surface area contributed by atoms with Crippen molar-refractivity contribution in [2.45, 2.75) is 45.2 Å². The van der Waals surface area contributed by atoms with Crippen LogP contribution in [0.25, 0.3) is 0 Å². The van der Waals surface area contributed by atoms with Crippen molar-refractivity contribution in [3.63, 3.8) is 0 Å². The number of alkyl halides is 3. The standard InChI is InChI=1S/C10H21N3O2.C2HF3O2/c1-2-3-8-15-9(14)6-4-5-7-13-10(11)12;3-2(4,5)1(6)7/h2-8H2,1H3,(H4,11,12,13);(H,6,7). The Balaban J connectivity index is 0. The molecule has 10 heteroatoms. The molecule has 0 aliphatic rings. The Bertz CT molecular complexity index is 356. The number of guanidine groups is 1. The molecule has 0 aromatic heterocycles. The molecule has 7 nitrogen and oxygen atoms in total. The van der Waals surface area contributed by atoms with Crippen molar-refractivity contribution in [3.8, 4) is 0 Å². The zero-order valence-corrected chi connectivity index (χ0v) is 12.4. The number of unbranched alkanes of at least 4 members (excludes halogenated alkanes) is 2. The summed E-state index contributed by atoms with van der Waals surface area (Å²) in [5.41, 5.74) is 10.3. The fraction of sp³-hybridized carbons (Fsp3) is 0.750. The lowest BCUT2D eigenvalue weighted by Gasteiger charge is -2.02. The van der Waals surface area contributed by atoms with Crippen LogP contribution in [-0.2, 0) is 14.3 Å². The lowest BCUT2D eigenvalue weighted by Crippen LogP contribution is -2.22. The minimum atomic E-state index is -5.08. The van der Waals surface area contributed by atoms with Crippen molar-refractivity contribution in [3.05, 3.63) is 0 Å². The summed E-state index contributed by atoms with van der Waals surface area (Å²) in [6.07, 6.45) is -1.09. The summed E-state index contributed by atoms with van der Waals surface area (Å²) in [6.45, 7) is 3.16. The maximum absolute atomic E-state index is 11.1. The highest BCUT2D eigenvalue weighted by Gasteiger charge is 2.38. The average molecular weight is 329 g/mol. The van der Waals surface area contributed by atoms with Crippen LogP contribution in [0, 0.1) is 0 Å². The van der Waals surface area contributed by atoms with Crippen LogP contribution < -0.4 is 11.5 Å². The third-order valence-corrected chi connectivity index (χ3v) is 2.09. The minimum absolute atomic E-state index is 0.0977. The van der Waals surface area contributed by atoms with Crippen molar-refractivity contribution in [1.29, 1.82) is 0 Å². The predicted octanol–water partition coefficient (Wildman–Crippen LogP) is 1.41. The third kappa shape index (κ3) is 18.0. The number of nitrogens with two attached hydrogens (primary N) is 2. The summed E-state index contributed by atoms with van der Waals surface area (Å²) in [5, 5.41) is 7.12. The van der Waals surface area contributed by atoms with E-state index >= 15 is 0 Å². The molecule has 0 heterocycles. The fourth-order valence-electron chi connectivity index (χ4n) is 0.992. The Hall–Kier alpha value is -2.00. The van der Waals surface area contributed by atoms with E-state index in [0.29, 0.717) is 19.6 Å². The average Bonchev–Trinajstić information content (AvgIpc) is 2.38. The van der Waals surface area contributed by atoms with E-state index in [-0.39, 0.29) is 11.9 Å². The third-order valence-electron chi connectivity index (χ3n) is 2.09. The molecule has 0 aliphatic carbocycles. The molecule has 0 spiro atoms. The smallest absolute Gasteiger partial charge is 0.475 e. The summed E-state index contributed by atoms with van der Waals surface area (Å²) in [7, 11) is 0. The topological polar surface area (TPSA) is 128 Å². The second kappa shape index (κ2) is 12.7. The fourth-order valence-corrected chi connectivity index (χ4v) is 0.992. The zero-order chi connectivity index (χ0) is 17.6. The van der Waals surface area contributed by atoms with E-state index in [0.717, 1.165) is 25.7 Å². The van der Waals surface area contributed by atoms with Gasteiger partial charge < -0.3 is 21.3 Å². The van der Waals surface area contributed by atoms with E-state index in [1.165, 1.54) is 0 Å². The number of carboxylic acid groups (broad SMARTS) is 1. The molecule has 0 radical (unpaired) electrons. The second-order valence-electron chi connectivity index (χ2n) is 4.14. The highest BCUT2D eigenvalue weighted by Crippen LogP contribution is 2.13. The Kier molecular flexibility index (Phi) is 12.9. The summed E-state index contributed by atoms with van der Waals surface area (Å²) in [5.74, 6) is -2.79. The van der Waals surface area contributed by atoms with Crippen LogP contribution in [0.4, 0.5) is 13.2 Å². The van der Waals surface area contributed by atoms with Gasteiger partial charge in [0.05, 0.1) is 6.61 Å². The first-order valence-corrected chi connectivity index (χ1v) is 6.62. The van der Waals surface area contributed by atoms with Crippen LogP contribution >= 0.6 is 0 Å². The normalized spacial score (nSPS) is 10.2. The molecule has 0 bridgehead atoms. The number of aliphatic carboxylic acids is 1. The van der Waals surface area contributed by atoms with Crippen LogP contribution in [0.15, 0.2) is 4.99 Å². The first-order chi connectivity index (χ1) is 10.1. The second-order valence-corrected chi connectivity index (χ2v) is 4.14. The Morgan fingerprint density at radius 2 is 1.73 bits per heavy atom. The molecule has 22 heavy (non-hydrogen) atoms. The minimum Gasteiger partial charge on any atom is -0.475 e. The highest BCUT2D eigenvalue weighted by molar-refractivity contribution is 5.75. The molecular weight excluding hydrogens is 307 g/mol. The number of ether oxygens (including phenoxy) is 1. The molecule has 0 amide bonds. The first kappa shape index (κ1) is 22.3. The van der Waals surface area contributed by atoms with Gasteiger partial charge in [-0.25, -0.2) is 4.79 Å². The molecule has 0 saturated heterocycles. The van der Waals surface area contributed by atoms with Gasteiger partial charge >= 0.3 is 18.1 Å². The van der Waals surface area contributed by atoms with E-state index in [2.05, 4.69) is 11.9 Å². The van der Waals surface area contributed by atoms with Crippen LogP contribution in [-0.4, -0.2) is 42.3 Å². The van der Waals surface area contributed by atoms with Crippen LogP contribution in [0.3, 0.4) is 0 Å². The van der Waals surface area contributed by atoms with E-state index in [1.807, 2.05) is 0 Å². The van der Waals surface area contributed by atoms with Gasteiger partial charge in [0.2, 0.25) is 0 Å². The lowest BCUT2D eigenvalue weighted by molar-refractivity contribution is -0.192.